The zero-order valence-corrected chi connectivity index (χ0v) is 17.9. The number of rotatable bonds is 7. The topological polar surface area (TPSA) is 68.1 Å². The molecule has 0 bridgehead atoms. The molecule has 0 aliphatic heterocycles. The Morgan fingerprint density at radius 1 is 1.03 bits per heavy atom. The first kappa shape index (κ1) is 21.6. The van der Waals surface area contributed by atoms with Crippen LogP contribution in [0.4, 0.5) is 0 Å². The molecule has 0 spiro atoms. The van der Waals surface area contributed by atoms with Crippen LogP contribution in [0.25, 0.3) is 0 Å². The van der Waals surface area contributed by atoms with Gasteiger partial charge in [0.1, 0.15) is 5.76 Å². The molecule has 1 fully saturated rings. The minimum Gasteiger partial charge on any atom is -0.511 e. The minimum atomic E-state index is -0.0656. The van der Waals surface area contributed by atoms with Gasteiger partial charge in [0.05, 0.1) is 18.8 Å². The number of aliphatic hydroxyl groups is 1. The summed E-state index contributed by atoms with van der Waals surface area (Å²) < 4.78 is 11.3. The number of ketones is 1. The molecule has 0 unspecified atom stereocenters. The average molecular weight is 408 g/mol. The van der Waals surface area contributed by atoms with Crippen LogP contribution in [0.1, 0.15) is 43.7 Å². The van der Waals surface area contributed by atoms with Gasteiger partial charge in [-0.3, -0.25) is 9.79 Å². The molecule has 5 nitrogen and oxygen atoms in total. The number of carbonyl (C=O) groups is 1. The van der Waals surface area contributed by atoms with Gasteiger partial charge in [-0.15, -0.1) is 0 Å². The molecule has 1 aliphatic carbocycles. The maximum absolute atomic E-state index is 12.9. The van der Waals surface area contributed by atoms with E-state index in [9.17, 15) is 9.90 Å². The largest absolute Gasteiger partial charge is 0.511 e. The lowest BCUT2D eigenvalue weighted by atomic mass is 9.78. The smallest absolute Gasteiger partial charge is 0.168 e. The summed E-state index contributed by atoms with van der Waals surface area (Å²) in [6, 6.07) is 15.6. The summed E-state index contributed by atoms with van der Waals surface area (Å²) in [6.07, 6.45) is 1.25. The van der Waals surface area contributed by atoms with Crippen molar-refractivity contribution in [2.24, 2.45) is 4.99 Å². The van der Waals surface area contributed by atoms with E-state index in [1.807, 2.05) is 62.4 Å². The highest BCUT2D eigenvalue weighted by atomic mass is 16.5. The van der Waals surface area contributed by atoms with Crippen LogP contribution in [-0.4, -0.2) is 36.9 Å². The molecule has 0 radical (unpaired) electrons. The first-order chi connectivity index (χ1) is 14.6. The molecule has 1 atom stereocenters. The summed E-state index contributed by atoms with van der Waals surface area (Å²) in [4.78, 5) is 17.3. The summed E-state index contributed by atoms with van der Waals surface area (Å²) in [5.41, 5.74) is 2.99. The van der Waals surface area contributed by atoms with Gasteiger partial charge < -0.3 is 14.6 Å². The molecule has 0 heterocycles. The molecule has 0 amide bonds. The molecule has 0 aromatic heterocycles. The fraction of sp³-hybridized carbons (Fsp3) is 0.360. The molecule has 3 rings (SSSR count). The second-order valence-electron chi connectivity index (χ2n) is 7.25. The molecule has 5 heteroatoms. The number of ether oxygens (including phenoxy) is 2. The molecular formula is C25H29NO4. The molecule has 158 valence electrons. The van der Waals surface area contributed by atoms with Crippen molar-refractivity contribution in [3.8, 4) is 11.5 Å². The fourth-order valence-corrected chi connectivity index (χ4v) is 3.87. The molecule has 30 heavy (non-hydrogen) atoms. The number of hydrogen-bond acceptors (Lipinski definition) is 5. The number of allylic oxidation sites excluding steroid dienone is 2. The van der Waals surface area contributed by atoms with E-state index in [4.69, 9.17) is 9.47 Å². The van der Waals surface area contributed by atoms with E-state index in [0.717, 1.165) is 11.1 Å². The highest BCUT2D eigenvalue weighted by molar-refractivity contribution is 6.24. The summed E-state index contributed by atoms with van der Waals surface area (Å²) in [6.45, 7) is 4.89. The van der Waals surface area contributed by atoms with Crippen LogP contribution in [0.5, 0.6) is 11.5 Å². The van der Waals surface area contributed by atoms with Crippen molar-refractivity contribution >= 4 is 11.5 Å². The van der Waals surface area contributed by atoms with E-state index in [2.05, 4.69) is 4.99 Å². The highest BCUT2D eigenvalue weighted by Gasteiger charge is 2.32. The number of carbonyl (C=O) groups excluding carboxylic acids is 1. The van der Waals surface area contributed by atoms with Crippen LogP contribution >= 0.6 is 0 Å². The van der Waals surface area contributed by atoms with E-state index >= 15 is 0 Å². The number of hydrogen-bond donors (Lipinski definition) is 1. The van der Waals surface area contributed by atoms with E-state index in [1.54, 1.807) is 7.05 Å². The van der Waals surface area contributed by atoms with Gasteiger partial charge in [-0.25, -0.2) is 0 Å². The summed E-state index contributed by atoms with van der Waals surface area (Å²) in [5, 5.41) is 10.9. The van der Waals surface area contributed by atoms with Gasteiger partial charge in [-0.1, -0.05) is 36.4 Å². The Morgan fingerprint density at radius 2 is 1.73 bits per heavy atom. The SMILES string of the molecule is CCOc1ccc(CC(O)=C2C(=O)C[C@@H](c3ccccc3)CC2=NC)cc1OCC. The summed E-state index contributed by atoms with van der Waals surface area (Å²) >= 11 is 0. The van der Waals surface area contributed by atoms with E-state index in [1.165, 1.54) is 0 Å². The van der Waals surface area contributed by atoms with Crippen molar-refractivity contribution in [2.75, 3.05) is 20.3 Å². The Labute approximate surface area is 178 Å². The predicted molar refractivity (Wildman–Crippen MR) is 119 cm³/mol. The van der Waals surface area contributed by atoms with Crippen molar-refractivity contribution in [2.45, 2.75) is 39.0 Å². The van der Waals surface area contributed by atoms with Crippen LogP contribution < -0.4 is 9.47 Å². The third kappa shape index (κ3) is 4.90. The second kappa shape index (κ2) is 10.1. The summed E-state index contributed by atoms with van der Waals surface area (Å²) in [7, 11) is 1.67. The van der Waals surface area contributed by atoms with Gasteiger partial charge >= 0.3 is 0 Å². The molecule has 2 aromatic rings. The Morgan fingerprint density at radius 3 is 2.40 bits per heavy atom. The maximum Gasteiger partial charge on any atom is 0.168 e. The van der Waals surface area contributed by atoms with Crippen molar-refractivity contribution < 1.29 is 19.4 Å². The van der Waals surface area contributed by atoms with Gasteiger partial charge in [0.15, 0.2) is 17.3 Å². The predicted octanol–water partition coefficient (Wildman–Crippen LogP) is 5.06. The highest BCUT2D eigenvalue weighted by Crippen LogP contribution is 2.34. The van der Waals surface area contributed by atoms with Crippen molar-refractivity contribution in [1.29, 1.82) is 0 Å². The van der Waals surface area contributed by atoms with Gasteiger partial charge in [-0.05, 0) is 49.4 Å². The third-order valence-electron chi connectivity index (χ3n) is 5.25. The number of nitrogens with zero attached hydrogens (tertiary/aromatic N) is 1. The van der Waals surface area contributed by atoms with E-state index in [-0.39, 0.29) is 23.9 Å². The van der Waals surface area contributed by atoms with Crippen LogP contribution in [0, 0.1) is 0 Å². The fourth-order valence-electron chi connectivity index (χ4n) is 3.87. The van der Waals surface area contributed by atoms with Gasteiger partial charge in [0.2, 0.25) is 0 Å². The average Bonchev–Trinajstić information content (AvgIpc) is 2.75. The number of aliphatic imine (C=N–C) groups is 1. The molecule has 1 saturated carbocycles. The molecule has 0 saturated heterocycles. The lowest BCUT2D eigenvalue weighted by Gasteiger charge is -2.25. The molecule has 2 aromatic carbocycles. The van der Waals surface area contributed by atoms with Crippen molar-refractivity contribution in [3.63, 3.8) is 0 Å². The molecule has 1 aliphatic rings. The first-order valence-electron chi connectivity index (χ1n) is 10.4. The lowest BCUT2D eigenvalue weighted by Crippen LogP contribution is -2.27. The zero-order chi connectivity index (χ0) is 21.5. The van der Waals surface area contributed by atoms with Crippen LogP contribution in [0.2, 0.25) is 0 Å². The monoisotopic (exact) mass is 407 g/mol. The maximum atomic E-state index is 12.9. The van der Waals surface area contributed by atoms with Gasteiger partial charge in [0.25, 0.3) is 0 Å². The standard InChI is InChI=1S/C25H29NO4/c1-4-29-23-12-11-17(14-24(23)30-5-2)13-21(27)25-20(26-3)15-19(16-22(25)28)18-9-7-6-8-10-18/h6-12,14,19,27H,4-5,13,15-16H2,1-3H3/t19-/m0/s1. The van der Waals surface area contributed by atoms with Crippen LogP contribution in [0.15, 0.2) is 64.9 Å². The molecule has 1 N–H and O–H groups in total. The summed E-state index contributed by atoms with van der Waals surface area (Å²) in [5.74, 6) is 1.38. The van der Waals surface area contributed by atoms with Crippen LogP contribution in [-0.2, 0) is 11.2 Å². The first-order valence-corrected chi connectivity index (χ1v) is 10.4. The molecular weight excluding hydrogens is 378 g/mol. The van der Waals surface area contributed by atoms with Gasteiger partial charge in [0, 0.05) is 25.6 Å². The number of aliphatic hydroxyl groups excluding tert-OH is 1. The normalized spacial score (nSPS) is 19.6. The van der Waals surface area contributed by atoms with Gasteiger partial charge in [-0.2, -0.15) is 0 Å². The Hall–Kier alpha value is -3.08. The Balaban J connectivity index is 1.85. The van der Waals surface area contributed by atoms with Crippen LogP contribution in [0.3, 0.4) is 0 Å². The quantitative estimate of drug-likeness (QED) is 0.515. The Kier molecular flexibility index (Phi) is 7.28. The number of Topliss-reactive ketones (excluding diaryl/α,β-unsaturated/α-hetero) is 1. The van der Waals surface area contributed by atoms with E-state index in [0.29, 0.717) is 48.8 Å². The number of benzene rings is 2. The third-order valence-corrected chi connectivity index (χ3v) is 5.25. The lowest BCUT2D eigenvalue weighted by molar-refractivity contribution is -0.115. The van der Waals surface area contributed by atoms with Crippen molar-refractivity contribution in [3.05, 3.63) is 71.0 Å². The zero-order valence-electron chi connectivity index (χ0n) is 17.9. The van der Waals surface area contributed by atoms with Crippen molar-refractivity contribution in [1.82, 2.24) is 0 Å². The minimum absolute atomic E-state index is 0.0544. The Bertz CT molecular complexity index is 947. The van der Waals surface area contributed by atoms with E-state index < -0.39 is 0 Å². The second-order valence-corrected chi connectivity index (χ2v) is 7.25.